The summed E-state index contributed by atoms with van der Waals surface area (Å²) in [6, 6.07) is 1.83. The predicted molar refractivity (Wildman–Crippen MR) is 101 cm³/mol. The van der Waals surface area contributed by atoms with E-state index in [0.717, 1.165) is 18.5 Å². The van der Waals surface area contributed by atoms with E-state index in [-0.39, 0.29) is 12.0 Å². The highest BCUT2D eigenvalue weighted by Crippen LogP contribution is 2.17. The molecule has 0 spiro atoms. The van der Waals surface area contributed by atoms with Crippen LogP contribution in [0.2, 0.25) is 0 Å². The molecule has 0 aromatic carbocycles. The van der Waals surface area contributed by atoms with Crippen molar-refractivity contribution in [3.63, 3.8) is 0 Å². The van der Waals surface area contributed by atoms with Gasteiger partial charge in [-0.2, -0.15) is 4.98 Å². The van der Waals surface area contributed by atoms with Crippen LogP contribution in [0, 0.1) is 6.92 Å². The van der Waals surface area contributed by atoms with Crippen molar-refractivity contribution in [1.29, 1.82) is 0 Å². The number of carbonyl (C=O) groups excluding carboxylic acids is 1. The summed E-state index contributed by atoms with van der Waals surface area (Å²) in [4.78, 5) is 26.1. The van der Waals surface area contributed by atoms with Gasteiger partial charge in [0.25, 0.3) is 0 Å². The molecule has 1 unspecified atom stereocenters. The van der Waals surface area contributed by atoms with Crippen molar-refractivity contribution in [1.82, 2.24) is 19.8 Å². The van der Waals surface area contributed by atoms with Crippen molar-refractivity contribution >= 4 is 11.9 Å². The number of allylic oxidation sites excluding steroid dienone is 1. The summed E-state index contributed by atoms with van der Waals surface area (Å²) in [5.41, 5.74) is 0.854. The van der Waals surface area contributed by atoms with Crippen LogP contribution in [0.15, 0.2) is 18.7 Å². The van der Waals surface area contributed by atoms with E-state index in [1.54, 1.807) is 19.0 Å². The minimum Gasteiger partial charge on any atom is -0.473 e. The molecule has 25 heavy (non-hydrogen) atoms. The first-order chi connectivity index (χ1) is 11.7. The third kappa shape index (κ3) is 7.51. The lowest BCUT2D eigenvalue weighted by molar-refractivity contribution is -0.129. The van der Waals surface area contributed by atoms with Gasteiger partial charge in [-0.3, -0.25) is 9.69 Å². The van der Waals surface area contributed by atoms with Gasteiger partial charge in [0.1, 0.15) is 6.10 Å². The van der Waals surface area contributed by atoms with Gasteiger partial charge < -0.3 is 14.5 Å². The Morgan fingerprint density at radius 3 is 2.52 bits per heavy atom. The van der Waals surface area contributed by atoms with Crippen LogP contribution in [-0.2, 0) is 4.79 Å². The molecule has 0 fully saturated rings. The van der Waals surface area contributed by atoms with Crippen LogP contribution in [0.1, 0.15) is 18.5 Å². The Morgan fingerprint density at radius 2 is 1.96 bits per heavy atom. The molecule has 7 heteroatoms. The van der Waals surface area contributed by atoms with Gasteiger partial charge >= 0.3 is 0 Å². The van der Waals surface area contributed by atoms with Crippen LogP contribution in [0.25, 0.3) is 0 Å². The van der Waals surface area contributed by atoms with E-state index in [2.05, 4.69) is 16.5 Å². The summed E-state index contributed by atoms with van der Waals surface area (Å²) in [6.07, 6.45) is 3.44. The summed E-state index contributed by atoms with van der Waals surface area (Å²) < 4.78 is 6.11. The summed E-state index contributed by atoms with van der Waals surface area (Å²) in [5.74, 6) is 1.24. The van der Waals surface area contributed by atoms with Crippen LogP contribution >= 0.6 is 0 Å². The second-order valence-electron chi connectivity index (χ2n) is 6.63. The number of aryl methyl sites for hydroxylation is 1. The molecule has 0 N–H and O–H groups in total. The van der Waals surface area contributed by atoms with Gasteiger partial charge in [-0.05, 0) is 26.8 Å². The summed E-state index contributed by atoms with van der Waals surface area (Å²) in [7, 11) is 9.23. The molecule has 1 heterocycles. The minimum atomic E-state index is -0.0812. The van der Waals surface area contributed by atoms with Crippen molar-refractivity contribution in [2.45, 2.75) is 25.9 Å². The molecule has 140 valence electrons. The van der Waals surface area contributed by atoms with Gasteiger partial charge in [0.2, 0.25) is 17.7 Å². The van der Waals surface area contributed by atoms with Crippen molar-refractivity contribution in [3.8, 4) is 5.88 Å². The largest absolute Gasteiger partial charge is 0.473 e. The lowest BCUT2D eigenvalue weighted by Gasteiger charge is -2.25. The van der Waals surface area contributed by atoms with E-state index < -0.39 is 0 Å². The average molecular weight is 349 g/mol. The smallest absolute Gasteiger partial charge is 0.236 e. The Morgan fingerprint density at radius 1 is 1.28 bits per heavy atom. The molecule has 0 aliphatic carbocycles. The van der Waals surface area contributed by atoms with Crippen LogP contribution in [0.4, 0.5) is 5.95 Å². The molecular weight excluding hydrogens is 318 g/mol. The molecule has 0 saturated heterocycles. The maximum atomic E-state index is 11.9. The van der Waals surface area contributed by atoms with Gasteiger partial charge in [-0.1, -0.05) is 6.08 Å². The van der Waals surface area contributed by atoms with Crippen LogP contribution in [0.5, 0.6) is 5.88 Å². The number of carbonyl (C=O) groups is 1. The first-order valence-electron chi connectivity index (χ1n) is 8.42. The fourth-order valence-electron chi connectivity index (χ4n) is 2.23. The number of aromatic nitrogens is 2. The molecule has 1 amide bonds. The molecule has 7 nitrogen and oxygen atoms in total. The Labute approximate surface area is 151 Å². The molecule has 1 rings (SSSR count). The van der Waals surface area contributed by atoms with Crippen LogP contribution < -0.4 is 9.64 Å². The Hall–Kier alpha value is -2.15. The molecular formula is C18H31N5O2. The van der Waals surface area contributed by atoms with Crippen molar-refractivity contribution in [2.75, 3.05) is 53.2 Å². The number of anilines is 1. The topological polar surface area (TPSA) is 61.8 Å². The lowest BCUT2D eigenvalue weighted by Crippen LogP contribution is -2.39. The van der Waals surface area contributed by atoms with Gasteiger partial charge in [0.05, 0.1) is 6.54 Å². The van der Waals surface area contributed by atoms with Gasteiger partial charge in [0, 0.05) is 46.5 Å². The van der Waals surface area contributed by atoms with Crippen molar-refractivity contribution in [2.24, 2.45) is 0 Å². The third-order valence-corrected chi connectivity index (χ3v) is 3.62. The maximum absolute atomic E-state index is 11.9. The Bertz CT molecular complexity index is 575. The quantitative estimate of drug-likeness (QED) is 0.598. The highest BCUT2D eigenvalue weighted by atomic mass is 16.5. The highest BCUT2D eigenvalue weighted by molar-refractivity contribution is 5.77. The van der Waals surface area contributed by atoms with Gasteiger partial charge in [0.15, 0.2) is 0 Å². The monoisotopic (exact) mass is 349 g/mol. The molecule has 0 aliphatic heterocycles. The zero-order valence-corrected chi connectivity index (χ0v) is 16.3. The summed E-state index contributed by atoms with van der Waals surface area (Å²) in [5, 5.41) is 0. The minimum absolute atomic E-state index is 0.0674. The number of rotatable bonds is 10. The second-order valence-corrected chi connectivity index (χ2v) is 6.63. The number of hydrogen-bond donors (Lipinski definition) is 0. The van der Waals surface area contributed by atoms with Gasteiger partial charge in [-0.15, -0.1) is 6.58 Å². The Kier molecular flexibility index (Phi) is 8.34. The van der Waals surface area contributed by atoms with Gasteiger partial charge in [-0.25, -0.2) is 4.98 Å². The highest BCUT2D eigenvalue weighted by Gasteiger charge is 2.17. The van der Waals surface area contributed by atoms with E-state index in [4.69, 9.17) is 4.74 Å². The zero-order valence-electron chi connectivity index (χ0n) is 16.3. The number of hydrogen-bond acceptors (Lipinski definition) is 6. The standard InChI is InChI=1S/C18H31N5O2/c1-8-9-10-15(12-23(7)13-17(24)21(3)4)25-16-11-14(2)19-18(20-16)22(5)6/h8,11,15H,1,9-10,12-13H2,2-7H3. The first-order valence-corrected chi connectivity index (χ1v) is 8.42. The fraction of sp³-hybridized carbons (Fsp3) is 0.611. The first kappa shape index (κ1) is 20.9. The molecule has 1 aromatic heterocycles. The predicted octanol–water partition coefficient (Wildman–Crippen LogP) is 1.58. The number of ether oxygens (including phenoxy) is 1. The Balaban J connectivity index is 2.81. The van der Waals surface area contributed by atoms with E-state index in [0.29, 0.717) is 24.9 Å². The molecule has 1 atom stereocenters. The molecule has 0 aliphatic rings. The third-order valence-electron chi connectivity index (χ3n) is 3.62. The lowest BCUT2D eigenvalue weighted by atomic mass is 10.2. The molecule has 0 radical (unpaired) electrons. The fourth-order valence-corrected chi connectivity index (χ4v) is 2.23. The number of nitrogens with zero attached hydrogens (tertiary/aromatic N) is 5. The molecule has 0 saturated carbocycles. The second kappa shape index (κ2) is 9.98. The van der Waals surface area contributed by atoms with Crippen molar-refractivity contribution in [3.05, 3.63) is 24.4 Å². The summed E-state index contributed by atoms with van der Waals surface area (Å²) >= 11 is 0. The van der Waals surface area contributed by atoms with E-state index in [1.807, 2.05) is 50.0 Å². The maximum Gasteiger partial charge on any atom is 0.236 e. The SMILES string of the molecule is C=CCCC(CN(C)CC(=O)N(C)C)Oc1cc(C)nc(N(C)C)n1. The number of amides is 1. The zero-order chi connectivity index (χ0) is 19.0. The van der Waals surface area contributed by atoms with E-state index in [1.165, 1.54) is 0 Å². The summed E-state index contributed by atoms with van der Waals surface area (Å²) in [6.45, 7) is 6.68. The normalized spacial score (nSPS) is 12.0. The molecule has 0 bridgehead atoms. The van der Waals surface area contributed by atoms with Crippen LogP contribution in [-0.4, -0.2) is 80.1 Å². The molecule has 1 aromatic rings. The number of likely N-dealkylation sites (N-methyl/N-ethyl adjacent to an activating group) is 2. The van der Waals surface area contributed by atoms with Crippen LogP contribution in [0.3, 0.4) is 0 Å². The van der Waals surface area contributed by atoms with E-state index >= 15 is 0 Å². The average Bonchev–Trinajstić information content (AvgIpc) is 2.51. The van der Waals surface area contributed by atoms with E-state index in [9.17, 15) is 4.79 Å². The van der Waals surface area contributed by atoms with Crippen molar-refractivity contribution < 1.29 is 9.53 Å².